The molecule has 0 atom stereocenters. The van der Waals surface area contributed by atoms with E-state index in [1.807, 2.05) is 61.5 Å². The molecule has 0 aliphatic heterocycles. The average molecular weight is 356 g/mol. The molecule has 0 saturated heterocycles. The van der Waals surface area contributed by atoms with Crippen LogP contribution in [0.1, 0.15) is 17.0 Å². The zero-order valence-electron chi connectivity index (χ0n) is 13.9. The van der Waals surface area contributed by atoms with E-state index in [1.165, 1.54) is 0 Å². The fourth-order valence-corrected chi connectivity index (χ4v) is 2.69. The summed E-state index contributed by atoms with van der Waals surface area (Å²) in [6.07, 6.45) is 0.836. The summed E-state index contributed by atoms with van der Waals surface area (Å²) < 4.78 is 11.5. The fourth-order valence-electron chi connectivity index (χ4n) is 2.54. The number of halogens is 1. The van der Waals surface area contributed by atoms with E-state index in [0.29, 0.717) is 24.7 Å². The molecule has 0 aliphatic carbocycles. The third kappa shape index (κ3) is 4.70. The van der Waals surface area contributed by atoms with Crippen LogP contribution in [0.4, 0.5) is 0 Å². The van der Waals surface area contributed by atoms with Gasteiger partial charge in [-0.15, -0.1) is 0 Å². The summed E-state index contributed by atoms with van der Waals surface area (Å²) in [5.74, 6) is 2.12. The molecule has 0 spiro atoms. The average Bonchev–Trinajstić information content (AvgIpc) is 2.96. The van der Waals surface area contributed by atoms with Crippen molar-refractivity contribution in [2.75, 3.05) is 6.61 Å². The quantitative estimate of drug-likeness (QED) is 0.582. The van der Waals surface area contributed by atoms with E-state index in [-0.39, 0.29) is 11.7 Å². The molecule has 0 N–H and O–H groups in total. The van der Waals surface area contributed by atoms with Gasteiger partial charge in [0.15, 0.2) is 0 Å². The lowest BCUT2D eigenvalue weighted by molar-refractivity contribution is -0.111. The number of hydrogen-bond acceptors (Lipinski definition) is 4. The Morgan fingerprint density at radius 1 is 1.16 bits per heavy atom. The number of hydrogen-bond donors (Lipinski definition) is 0. The Morgan fingerprint density at radius 3 is 2.72 bits per heavy atom. The van der Waals surface area contributed by atoms with E-state index < -0.39 is 0 Å². The van der Waals surface area contributed by atoms with Gasteiger partial charge in [0.05, 0.1) is 12.3 Å². The number of carbonyl (C=O) groups is 1. The molecule has 3 aromatic rings. The number of oxazole rings is 1. The monoisotopic (exact) mass is 355 g/mol. The molecule has 0 saturated carbocycles. The van der Waals surface area contributed by atoms with Crippen LogP contribution < -0.4 is 4.74 Å². The fraction of sp³-hybridized carbons (Fsp3) is 0.200. The van der Waals surface area contributed by atoms with Crippen LogP contribution in [0.3, 0.4) is 0 Å². The second-order valence-corrected chi connectivity index (χ2v) is 6.09. The number of ether oxygens (including phenoxy) is 1. The molecular formula is C20H18ClNO3. The molecule has 4 nitrogen and oxygen atoms in total. The van der Waals surface area contributed by atoms with Crippen LogP contribution in [0.15, 0.2) is 59.0 Å². The van der Waals surface area contributed by atoms with Crippen molar-refractivity contribution in [1.29, 1.82) is 0 Å². The predicted octanol–water partition coefficient (Wildman–Crippen LogP) is 4.58. The first kappa shape index (κ1) is 17.2. The second-order valence-electron chi connectivity index (χ2n) is 5.67. The molecule has 3 rings (SSSR count). The lowest BCUT2D eigenvalue weighted by Crippen LogP contribution is -2.03. The van der Waals surface area contributed by atoms with Gasteiger partial charge in [0.1, 0.15) is 11.5 Å². The van der Waals surface area contributed by atoms with Crippen molar-refractivity contribution in [3.63, 3.8) is 0 Å². The highest BCUT2D eigenvalue weighted by molar-refractivity contribution is 6.63. The third-order valence-corrected chi connectivity index (χ3v) is 3.90. The van der Waals surface area contributed by atoms with E-state index in [1.54, 1.807) is 0 Å². The van der Waals surface area contributed by atoms with E-state index >= 15 is 0 Å². The van der Waals surface area contributed by atoms with Crippen molar-refractivity contribution >= 4 is 16.8 Å². The summed E-state index contributed by atoms with van der Waals surface area (Å²) >= 11 is 5.42. The van der Waals surface area contributed by atoms with Gasteiger partial charge < -0.3 is 9.15 Å². The molecule has 1 heterocycles. The number of benzene rings is 2. The maximum absolute atomic E-state index is 11.0. The van der Waals surface area contributed by atoms with E-state index in [4.69, 9.17) is 20.8 Å². The summed E-state index contributed by atoms with van der Waals surface area (Å²) in [6, 6.07) is 17.2. The summed E-state index contributed by atoms with van der Waals surface area (Å²) in [7, 11) is 0. The van der Waals surface area contributed by atoms with E-state index in [0.717, 1.165) is 22.6 Å². The highest BCUT2D eigenvalue weighted by Gasteiger charge is 2.11. The number of rotatable bonds is 7. The zero-order chi connectivity index (χ0) is 17.6. The molecule has 25 heavy (non-hydrogen) atoms. The molecule has 128 valence electrons. The minimum atomic E-state index is -0.385. The van der Waals surface area contributed by atoms with Gasteiger partial charge in [-0.1, -0.05) is 30.3 Å². The predicted molar refractivity (Wildman–Crippen MR) is 96.9 cm³/mol. The van der Waals surface area contributed by atoms with Crippen molar-refractivity contribution in [2.45, 2.75) is 19.8 Å². The molecule has 0 bridgehead atoms. The van der Waals surface area contributed by atoms with Crippen molar-refractivity contribution in [2.24, 2.45) is 0 Å². The Morgan fingerprint density at radius 2 is 1.96 bits per heavy atom. The van der Waals surface area contributed by atoms with Gasteiger partial charge in [-0.25, -0.2) is 4.98 Å². The first-order valence-corrected chi connectivity index (χ1v) is 8.41. The molecule has 0 radical (unpaired) electrons. The van der Waals surface area contributed by atoms with Gasteiger partial charge in [0, 0.05) is 18.4 Å². The maximum atomic E-state index is 11.0. The molecular weight excluding hydrogens is 338 g/mol. The van der Waals surface area contributed by atoms with Crippen LogP contribution in [0.5, 0.6) is 5.75 Å². The van der Waals surface area contributed by atoms with Crippen LogP contribution >= 0.6 is 11.6 Å². The van der Waals surface area contributed by atoms with Crippen LogP contribution in [0.2, 0.25) is 0 Å². The molecule has 0 aliphatic rings. The molecule has 0 amide bonds. The van der Waals surface area contributed by atoms with E-state index in [9.17, 15) is 4.79 Å². The lowest BCUT2D eigenvalue weighted by Gasteiger charge is -2.06. The van der Waals surface area contributed by atoms with Gasteiger partial charge in [-0.2, -0.15) is 0 Å². The Bertz CT molecular complexity index is 858. The number of carbonyl (C=O) groups excluding carboxylic acids is 1. The number of nitrogens with zero attached hydrogens (tertiary/aromatic N) is 1. The van der Waals surface area contributed by atoms with Crippen LogP contribution in [-0.4, -0.2) is 16.8 Å². The first-order chi connectivity index (χ1) is 12.1. The zero-order valence-corrected chi connectivity index (χ0v) is 14.6. The summed E-state index contributed by atoms with van der Waals surface area (Å²) in [6.45, 7) is 2.38. The topological polar surface area (TPSA) is 52.3 Å². The Labute approximate surface area is 151 Å². The van der Waals surface area contributed by atoms with Crippen molar-refractivity contribution in [3.8, 4) is 17.2 Å². The Hall–Kier alpha value is -2.59. The lowest BCUT2D eigenvalue weighted by atomic mass is 10.1. The van der Waals surface area contributed by atoms with Gasteiger partial charge >= 0.3 is 0 Å². The number of aromatic nitrogens is 1. The van der Waals surface area contributed by atoms with Gasteiger partial charge in [0.25, 0.3) is 0 Å². The number of aryl methyl sites for hydroxylation is 1. The second kappa shape index (κ2) is 7.99. The Balaban J connectivity index is 1.61. The molecule has 0 fully saturated rings. The molecule has 2 aromatic carbocycles. The first-order valence-electron chi connectivity index (χ1n) is 8.03. The van der Waals surface area contributed by atoms with Crippen molar-refractivity contribution in [3.05, 3.63) is 71.6 Å². The maximum Gasteiger partial charge on any atom is 0.226 e. The molecule has 0 unspecified atom stereocenters. The molecule has 5 heteroatoms. The van der Waals surface area contributed by atoms with Crippen LogP contribution in [0.25, 0.3) is 11.5 Å². The van der Waals surface area contributed by atoms with Crippen LogP contribution in [-0.2, 0) is 17.6 Å². The smallest absolute Gasteiger partial charge is 0.226 e. The largest absolute Gasteiger partial charge is 0.493 e. The van der Waals surface area contributed by atoms with Crippen molar-refractivity contribution < 1.29 is 13.9 Å². The summed E-state index contributed by atoms with van der Waals surface area (Å²) in [4.78, 5) is 15.5. The normalized spacial score (nSPS) is 10.6. The Kier molecular flexibility index (Phi) is 5.51. The van der Waals surface area contributed by atoms with Crippen LogP contribution in [0, 0.1) is 6.92 Å². The minimum Gasteiger partial charge on any atom is -0.493 e. The standard InChI is InChI=1S/C20H18ClNO3/c1-14-18(22-20(25-14)16-7-3-2-4-8-16)10-11-24-17-9-5-6-15(12-17)13-19(21)23/h2-9,12H,10-11,13H2,1H3. The summed E-state index contributed by atoms with van der Waals surface area (Å²) in [5.41, 5.74) is 2.67. The highest BCUT2D eigenvalue weighted by Crippen LogP contribution is 2.22. The summed E-state index contributed by atoms with van der Waals surface area (Å²) in [5, 5.41) is -0.385. The van der Waals surface area contributed by atoms with Crippen molar-refractivity contribution in [1.82, 2.24) is 4.98 Å². The highest BCUT2D eigenvalue weighted by atomic mass is 35.5. The van der Waals surface area contributed by atoms with Gasteiger partial charge in [-0.3, -0.25) is 4.79 Å². The molecule has 1 aromatic heterocycles. The van der Waals surface area contributed by atoms with Gasteiger partial charge in [0.2, 0.25) is 11.1 Å². The van der Waals surface area contributed by atoms with E-state index in [2.05, 4.69) is 4.98 Å². The minimum absolute atomic E-state index is 0.196. The van der Waals surface area contributed by atoms with Gasteiger partial charge in [-0.05, 0) is 48.4 Å². The SMILES string of the molecule is Cc1oc(-c2ccccc2)nc1CCOc1cccc(CC(=O)Cl)c1. The third-order valence-electron chi connectivity index (χ3n) is 3.76.